The molecule has 3 N–H and O–H groups in total. The van der Waals surface area contributed by atoms with Crippen molar-refractivity contribution in [1.29, 1.82) is 0 Å². The van der Waals surface area contributed by atoms with E-state index in [1.54, 1.807) is 6.07 Å². The maximum absolute atomic E-state index is 11.2. The lowest BCUT2D eigenvalue weighted by Crippen LogP contribution is -2.35. The summed E-state index contributed by atoms with van der Waals surface area (Å²) in [4.78, 5) is 0. The molecule has 1 saturated heterocycles. The number of rotatable bonds is 4. The van der Waals surface area contributed by atoms with Gasteiger partial charge in [-0.2, -0.15) is 0 Å². The Morgan fingerprint density at radius 3 is 2.53 bits per heavy atom. The maximum Gasteiger partial charge on any atom is 0.229 e. The van der Waals surface area contributed by atoms with E-state index in [2.05, 4.69) is 15.4 Å². The summed E-state index contributed by atoms with van der Waals surface area (Å²) < 4.78 is 25.0. The van der Waals surface area contributed by atoms with Crippen molar-refractivity contribution < 1.29 is 8.42 Å². The van der Waals surface area contributed by atoms with Crippen LogP contribution in [-0.4, -0.2) is 33.8 Å². The van der Waals surface area contributed by atoms with Gasteiger partial charge in [0.25, 0.3) is 0 Å². The molecule has 1 aliphatic heterocycles. The molecule has 5 nitrogen and oxygen atoms in total. The predicted molar refractivity (Wildman–Crippen MR) is 79.2 cm³/mol. The predicted octanol–water partition coefficient (Wildman–Crippen LogP) is 1.53. The van der Waals surface area contributed by atoms with Crippen molar-refractivity contribution >= 4 is 21.4 Å². The van der Waals surface area contributed by atoms with E-state index in [4.69, 9.17) is 0 Å². The minimum absolute atomic E-state index is 0.495. The Morgan fingerprint density at radius 1 is 1.26 bits per heavy atom. The smallest absolute Gasteiger partial charge is 0.229 e. The lowest BCUT2D eigenvalue weighted by molar-refractivity contribution is 0.479. The van der Waals surface area contributed by atoms with Crippen LogP contribution in [0.5, 0.6) is 0 Å². The van der Waals surface area contributed by atoms with E-state index >= 15 is 0 Å². The first-order valence-electron chi connectivity index (χ1n) is 6.50. The minimum atomic E-state index is -3.22. The zero-order chi connectivity index (χ0) is 13.9. The van der Waals surface area contributed by atoms with Crippen LogP contribution in [0.3, 0.4) is 0 Å². The second-order valence-electron chi connectivity index (χ2n) is 5.07. The second kappa shape index (κ2) is 5.79. The summed E-state index contributed by atoms with van der Waals surface area (Å²) in [7, 11) is -3.22. The number of nitrogens with one attached hydrogen (secondary N) is 3. The molecule has 1 aromatic carbocycles. The fourth-order valence-electron chi connectivity index (χ4n) is 2.27. The topological polar surface area (TPSA) is 70.2 Å². The normalized spacial score (nSPS) is 17.2. The van der Waals surface area contributed by atoms with Gasteiger partial charge in [-0.1, -0.05) is 0 Å². The molecule has 1 fully saturated rings. The van der Waals surface area contributed by atoms with E-state index in [0.717, 1.165) is 43.4 Å². The highest BCUT2D eigenvalue weighted by Crippen LogP contribution is 2.22. The van der Waals surface area contributed by atoms with Crippen molar-refractivity contribution in [2.75, 3.05) is 29.4 Å². The molecule has 0 aliphatic carbocycles. The van der Waals surface area contributed by atoms with Crippen LogP contribution in [0.4, 0.5) is 11.4 Å². The Bertz CT molecular complexity index is 537. The summed E-state index contributed by atoms with van der Waals surface area (Å²) in [6.45, 7) is 4.00. The van der Waals surface area contributed by atoms with Crippen LogP contribution in [0.25, 0.3) is 0 Å². The molecular formula is C13H21N3O2S. The standard InChI is InChI=1S/C13H21N3O2S/c1-10-9-12(15-11-5-7-14-8-6-11)3-4-13(10)16-19(2,17)18/h3-4,9,11,14-16H,5-8H2,1-2H3. The minimum Gasteiger partial charge on any atom is -0.382 e. The molecule has 0 bridgehead atoms. The monoisotopic (exact) mass is 283 g/mol. The van der Waals surface area contributed by atoms with Crippen LogP contribution in [-0.2, 0) is 10.0 Å². The van der Waals surface area contributed by atoms with Crippen LogP contribution >= 0.6 is 0 Å². The van der Waals surface area contributed by atoms with E-state index in [-0.39, 0.29) is 0 Å². The first-order chi connectivity index (χ1) is 8.94. The highest BCUT2D eigenvalue weighted by Gasteiger charge is 2.13. The van der Waals surface area contributed by atoms with Gasteiger partial charge in [-0.05, 0) is 56.6 Å². The molecule has 0 atom stereocenters. The van der Waals surface area contributed by atoms with Gasteiger partial charge in [0, 0.05) is 11.7 Å². The molecular weight excluding hydrogens is 262 g/mol. The molecule has 1 heterocycles. The van der Waals surface area contributed by atoms with E-state index < -0.39 is 10.0 Å². The van der Waals surface area contributed by atoms with Gasteiger partial charge in [-0.15, -0.1) is 0 Å². The molecule has 2 rings (SSSR count). The average Bonchev–Trinajstić information content (AvgIpc) is 2.33. The van der Waals surface area contributed by atoms with Crippen LogP contribution in [0.15, 0.2) is 18.2 Å². The number of benzene rings is 1. The molecule has 106 valence electrons. The maximum atomic E-state index is 11.2. The summed E-state index contributed by atoms with van der Waals surface area (Å²) in [6.07, 6.45) is 3.39. The Labute approximate surface area is 114 Å². The third-order valence-electron chi connectivity index (χ3n) is 3.23. The van der Waals surface area contributed by atoms with E-state index in [1.165, 1.54) is 0 Å². The summed E-state index contributed by atoms with van der Waals surface area (Å²) in [6, 6.07) is 6.20. The van der Waals surface area contributed by atoms with Gasteiger partial charge in [0.1, 0.15) is 0 Å². The molecule has 0 spiro atoms. The number of sulfonamides is 1. The number of piperidine rings is 1. The number of aryl methyl sites for hydroxylation is 1. The van der Waals surface area contributed by atoms with Crippen LogP contribution in [0.2, 0.25) is 0 Å². The summed E-state index contributed by atoms with van der Waals surface area (Å²) in [5, 5.41) is 6.82. The molecule has 1 aliphatic rings. The molecule has 6 heteroatoms. The largest absolute Gasteiger partial charge is 0.382 e. The molecule has 0 unspecified atom stereocenters. The molecule has 1 aromatic rings. The van der Waals surface area contributed by atoms with Gasteiger partial charge in [0.15, 0.2) is 0 Å². The number of anilines is 2. The summed E-state index contributed by atoms with van der Waals surface area (Å²) in [5.74, 6) is 0. The van der Waals surface area contributed by atoms with Gasteiger partial charge in [-0.3, -0.25) is 4.72 Å². The Hall–Kier alpha value is -1.27. The SMILES string of the molecule is Cc1cc(NC2CCNCC2)ccc1NS(C)(=O)=O. The average molecular weight is 283 g/mol. The lowest BCUT2D eigenvalue weighted by atomic mass is 10.1. The van der Waals surface area contributed by atoms with E-state index in [9.17, 15) is 8.42 Å². The zero-order valence-corrected chi connectivity index (χ0v) is 12.2. The molecule has 19 heavy (non-hydrogen) atoms. The second-order valence-corrected chi connectivity index (χ2v) is 6.82. The fourth-order valence-corrected chi connectivity index (χ4v) is 2.90. The first kappa shape index (κ1) is 14.1. The van der Waals surface area contributed by atoms with Gasteiger partial charge < -0.3 is 10.6 Å². The van der Waals surface area contributed by atoms with Crippen LogP contribution in [0.1, 0.15) is 18.4 Å². The third kappa shape index (κ3) is 4.40. The van der Waals surface area contributed by atoms with Crippen LogP contribution in [0, 0.1) is 6.92 Å². The third-order valence-corrected chi connectivity index (χ3v) is 3.82. The van der Waals surface area contributed by atoms with Gasteiger partial charge in [0.05, 0.1) is 11.9 Å². The molecule has 0 aromatic heterocycles. The number of hydrogen-bond donors (Lipinski definition) is 3. The van der Waals surface area contributed by atoms with Crippen molar-refractivity contribution in [2.45, 2.75) is 25.8 Å². The highest BCUT2D eigenvalue weighted by molar-refractivity contribution is 7.92. The fraction of sp³-hybridized carbons (Fsp3) is 0.538. The summed E-state index contributed by atoms with van der Waals surface area (Å²) in [5.41, 5.74) is 2.60. The molecule has 0 amide bonds. The molecule has 0 saturated carbocycles. The lowest BCUT2D eigenvalue weighted by Gasteiger charge is -2.25. The van der Waals surface area contributed by atoms with E-state index in [1.807, 2.05) is 19.1 Å². The highest BCUT2D eigenvalue weighted by atomic mass is 32.2. The van der Waals surface area contributed by atoms with Crippen molar-refractivity contribution in [2.24, 2.45) is 0 Å². The van der Waals surface area contributed by atoms with Crippen molar-refractivity contribution in [3.8, 4) is 0 Å². The Morgan fingerprint density at radius 2 is 1.95 bits per heavy atom. The summed E-state index contributed by atoms with van der Waals surface area (Å²) >= 11 is 0. The van der Waals surface area contributed by atoms with E-state index in [0.29, 0.717) is 11.7 Å². The van der Waals surface area contributed by atoms with Crippen molar-refractivity contribution in [1.82, 2.24) is 5.32 Å². The zero-order valence-electron chi connectivity index (χ0n) is 11.4. The quantitative estimate of drug-likeness (QED) is 0.784. The molecule has 0 radical (unpaired) electrons. The number of hydrogen-bond acceptors (Lipinski definition) is 4. The van der Waals surface area contributed by atoms with Crippen molar-refractivity contribution in [3.63, 3.8) is 0 Å². The van der Waals surface area contributed by atoms with Gasteiger partial charge >= 0.3 is 0 Å². The Balaban J connectivity index is 2.05. The Kier molecular flexibility index (Phi) is 4.31. The first-order valence-corrected chi connectivity index (χ1v) is 8.39. The van der Waals surface area contributed by atoms with Gasteiger partial charge in [-0.25, -0.2) is 8.42 Å². The van der Waals surface area contributed by atoms with Crippen molar-refractivity contribution in [3.05, 3.63) is 23.8 Å². The van der Waals surface area contributed by atoms with Gasteiger partial charge in [0.2, 0.25) is 10.0 Å². The van der Waals surface area contributed by atoms with Crippen LogP contribution < -0.4 is 15.4 Å².